The molecule has 0 aliphatic heterocycles. The average molecular weight is 182 g/mol. The fourth-order valence-corrected chi connectivity index (χ4v) is 1.21. The summed E-state index contributed by atoms with van der Waals surface area (Å²) in [6.45, 7) is 8.35. The van der Waals surface area contributed by atoms with Gasteiger partial charge in [-0.2, -0.15) is 0 Å². The van der Waals surface area contributed by atoms with Gasteiger partial charge in [-0.15, -0.1) is 0 Å². The Hall–Kier alpha value is -0.560. The van der Waals surface area contributed by atoms with Gasteiger partial charge in [-0.1, -0.05) is 38.2 Å². The second-order valence-corrected chi connectivity index (χ2v) is 3.08. The van der Waals surface area contributed by atoms with Gasteiger partial charge in [0, 0.05) is 0 Å². The molecule has 0 saturated heterocycles. The molecular weight excluding hydrogens is 160 g/mol. The standard InChI is InChI=1S/C12H22O/c1-5-9-11(7-3)13-12(8-4)10-6-2/h5-6,9-12H,7-8H2,1-4H3. The van der Waals surface area contributed by atoms with Crippen LogP contribution in [-0.2, 0) is 4.74 Å². The monoisotopic (exact) mass is 182 g/mol. The number of rotatable bonds is 6. The van der Waals surface area contributed by atoms with Crippen molar-refractivity contribution in [2.24, 2.45) is 0 Å². The van der Waals surface area contributed by atoms with E-state index in [1.165, 1.54) is 0 Å². The largest absolute Gasteiger partial charge is 0.367 e. The van der Waals surface area contributed by atoms with Gasteiger partial charge in [-0.25, -0.2) is 0 Å². The summed E-state index contributed by atoms with van der Waals surface area (Å²) < 4.78 is 5.86. The molecule has 13 heavy (non-hydrogen) atoms. The van der Waals surface area contributed by atoms with Crippen LogP contribution in [-0.4, -0.2) is 12.2 Å². The zero-order valence-corrected chi connectivity index (χ0v) is 9.29. The van der Waals surface area contributed by atoms with Crippen LogP contribution in [0, 0.1) is 0 Å². The SMILES string of the molecule is CC=CC(CC)OC(C=CC)CC. The maximum Gasteiger partial charge on any atom is 0.0761 e. The number of hydrogen-bond acceptors (Lipinski definition) is 1. The van der Waals surface area contributed by atoms with Crippen LogP contribution in [0.3, 0.4) is 0 Å². The molecule has 0 bridgehead atoms. The molecule has 0 fully saturated rings. The van der Waals surface area contributed by atoms with E-state index in [1.807, 2.05) is 13.8 Å². The minimum Gasteiger partial charge on any atom is -0.367 e. The van der Waals surface area contributed by atoms with E-state index in [9.17, 15) is 0 Å². The van der Waals surface area contributed by atoms with Gasteiger partial charge < -0.3 is 4.74 Å². The molecule has 2 atom stereocenters. The summed E-state index contributed by atoms with van der Waals surface area (Å²) in [5, 5.41) is 0. The van der Waals surface area contributed by atoms with E-state index in [0.29, 0.717) is 0 Å². The summed E-state index contributed by atoms with van der Waals surface area (Å²) in [5.74, 6) is 0. The van der Waals surface area contributed by atoms with Crippen molar-refractivity contribution >= 4 is 0 Å². The molecule has 1 heteroatoms. The van der Waals surface area contributed by atoms with Crippen molar-refractivity contribution in [1.29, 1.82) is 0 Å². The first-order valence-electron chi connectivity index (χ1n) is 5.19. The van der Waals surface area contributed by atoms with E-state index in [-0.39, 0.29) is 12.2 Å². The molecule has 0 spiro atoms. The third kappa shape index (κ3) is 5.64. The smallest absolute Gasteiger partial charge is 0.0761 e. The van der Waals surface area contributed by atoms with Crippen molar-refractivity contribution < 1.29 is 4.74 Å². The molecule has 0 aliphatic carbocycles. The second kappa shape index (κ2) is 8.06. The van der Waals surface area contributed by atoms with Crippen LogP contribution >= 0.6 is 0 Å². The number of hydrogen-bond donors (Lipinski definition) is 0. The molecular formula is C12H22O. The van der Waals surface area contributed by atoms with Crippen LogP contribution in [0.1, 0.15) is 40.5 Å². The molecule has 0 aromatic rings. The molecule has 0 saturated carbocycles. The predicted octanol–water partition coefficient (Wildman–Crippen LogP) is 3.71. The van der Waals surface area contributed by atoms with Gasteiger partial charge in [0.25, 0.3) is 0 Å². The highest BCUT2D eigenvalue weighted by atomic mass is 16.5. The Kier molecular flexibility index (Phi) is 7.71. The molecule has 2 unspecified atom stereocenters. The normalized spacial score (nSPS) is 16.9. The highest BCUT2D eigenvalue weighted by molar-refractivity contribution is 4.91. The summed E-state index contributed by atoms with van der Waals surface area (Å²) in [4.78, 5) is 0. The highest BCUT2D eigenvalue weighted by Gasteiger charge is 2.07. The third-order valence-corrected chi connectivity index (χ3v) is 1.97. The van der Waals surface area contributed by atoms with Gasteiger partial charge in [0.2, 0.25) is 0 Å². The molecule has 0 aromatic carbocycles. The zero-order valence-electron chi connectivity index (χ0n) is 9.29. The van der Waals surface area contributed by atoms with Gasteiger partial charge in [0.05, 0.1) is 12.2 Å². The average Bonchev–Trinajstić information content (AvgIpc) is 2.16. The minimum absolute atomic E-state index is 0.270. The van der Waals surface area contributed by atoms with Gasteiger partial charge >= 0.3 is 0 Å². The molecule has 0 rings (SSSR count). The summed E-state index contributed by atoms with van der Waals surface area (Å²) in [7, 11) is 0. The minimum atomic E-state index is 0.270. The first-order valence-corrected chi connectivity index (χ1v) is 5.19. The van der Waals surface area contributed by atoms with Crippen LogP contribution in [0.5, 0.6) is 0 Å². The molecule has 1 nitrogen and oxygen atoms in total. The lowest BCUT2D eigenvalue weighted by Crippen LogP contribution is -2.17. The number of ether oxygens (including phenoxy) is 1. The van der Waals surface area contributed by atoms with Crippen molar-refractivity contribution in [2.45, 2.75) is 52.7 Å². The van der Waals surface area contributed by atoms with E-state index >= 15 is 0 Å². The van der Waals surface area contributed by atoms with Crippen molar-refractivity contribution in [3.8, 4) is 0 Å². The van der Waals surface area contributed by atoms with Crippen molar-refractivity contribution in [3.05, 3.63) is 24.3 Å². The van der Waals surface area contributed by atoms with E-state index in [2.05, 4.69) is 38.2 Å². The lowest BCUT2D eigenvalue weighted by molar-refractivity contribution is 0.0374. The van der Waals surface area contributed by atoms with E-state index in [4.69, 9.17) is 4.74 Å². The van der Waals surface area contributed by atoms with Crippen LogP contribution < -0.4 is 0 Å². The molecule has 0 amide bonds. The molecule has 0 aromatic heterocycles. The van der Waals surface area contributed by atoms with Crippen LogP contribution in [0.4, 0.5) is 0 Å². The second-order valence-electron chi connectivity index (χ2n) is 3.08. The Balaban J connectivity index is 4.02. The quantitative estimate of drug-likeness (QED) is 0.569. The van der Waals surface area contributed by atoms with Gasteiger partial charge in [-0.05, 0) is 26.7 Å². The van der Waals surface area contributed by atoms with Gasteiger partial charge in [0.1, 0.15) is 0 Å². The van der Waals surface area contributed by atoms with Crippen molar-refractivity contribution in [2.75, 3.05) is 0 Å². The summed E-state index contributed by atoms with van der Waals surface area (Å²) in [6.07, 6.45) is 11.0. The maximum absolute atomic E-state index is 5.86. The Morgan fingerprint density at radius 3 is 1.54 bits per heavy atom. The van der Waals surface area contributed by atoms with Gasteiger partial charge in [0.15, 0.2) is 0 Å². The fraction of sp³-hybridized carbons (Fsp3) is 0.667. The molecule has 0 radical (unpaired) electrons. The van der Waals surface area contributed by atoms with Crippen molar-refractivity contribution in [3.63, 3.8) is 0 Å². The summed E-state index contributed by atoms with van der Waals surface area (Å²) in [6, 6.07) is 0. The van der Waals surface area contributed by atoms with E-state index < -0.39 is 0 Å². The summed E-state index contributed by atoms with van der Waals surface area (Å²) >= 11 is 0. The molecule has 0 N–H and O–H groups in total. The lowest BCUT2D eigenvalue weighted by Gasteiger charge is -2.18. The van der Waals surface area contributed by atoms with Crippen LogP contribution in [0.2, 0.25) is 0 Å². The van der Waals surface area contributed by atoms with Crippen molar-refractivity contribution in [1.82, 2.24) is 0 Å². The van der Waals surface area contributed by atoms with Crippen LogP contribution in [0.15, 0.2) is 24.3 Å². The van der Waals surface area contributed by atoms with E-state index in [1.54, 1.807) is 0 Å². The third-order valence-electron chi connectivity index (χ3n) is 1.97. The first kappa shape index (κ1) is 12.4. The van der Waals surface area contributed by atoms with E-state index in [0.717, 1.165) is 12.8 Å². The summed E-state index contributed by atoms with van der Waals surface area (Å²) in [5.41, 5.74) is 0. The lowest BCUT2D eigenvalue weighted by atomic mass is 10.2. The predicted molar refractivity (Wildman–Crippen MR) is 58.9 cm³/mol. The molecule has 0 heterocycles. The Bertz CT molecular complexity index is 141. The Morgan fingerprint density at radius 2 is 1.31 bits per heavy atom. The Labute approximate surface area is 82.5 Å². The fourth-order valence-electron chi connectivity index (χ4n) is 1.21. The maximum atomic E-state index is 5.86. The Morgan fingerprint density at radius 1 is 0.923 bits per heavy atom. The number of allylic oxidation sites excluding steroid dienone is 2. The van der Waals surface area contributed by atoms with Crippen LogP contribution in [0.25, 0.3) is 0 Å². The zero-order chi connectivity index (χ0) is 10.1. The highest BCUT2D eigenvalue weighted by Crippen LogP contribution is 2.08. The molecule has 76 valence electrons. The topological polar surface area (TPSA) is 9.23 Å². The first-order chi connectivity index (χ1) is 6.28. The molecule has 0 aliphatic rings. The van der Waals surface area contributed by atoms with Gasteiger partial charge in [-0.3, -0.25) is 0 Å².